The molecule has 0 N–H and O–H groups in total. The molecule has 0 saturated carbocycles. The molecule has 3 aromatic rings. The molecular formula is C17H15FN4O2. The lowest BCUT2D eigenvalue weighted by atomic mass is 10.2. The highest BCUT2D eigenvalue weighted by Crippen LogP contribution is 2.25. The van der Waals surface area contributed by atoms with E-state index in [2.05, 4.69) is 15.2 Å². The van der Waals surface area contributed by atoms with Crippen LogP contribution in [0.5, 0.6) is 0 Å². The highest BCUT2D eigenvalue weighted by atomic mass is 19.1. The molecule has 0 aliphatic carbocycles. The fourth-order valence-corrected chi connectivity index (χ4v) is 2.15. The zero-order valence-electron chi connectivity index (χ0n) is 13.2. The number of hydrogen-bond acceptors (Lipinski definition) is 5. The smallest absolute Gasteiger partial charge is 0.360 e. The number of carbonyl (C=O) groups excluding carboxylic acids is 1. The molecule has 24 heavy (non-hydrogen) atoms. The number of nitrogens with zero attached hydrogens (tertiary/aromatic N) is 4. The number of azo groups is 1. The maximum Gasteiger partial charge on any atom is 0.360 e. The van der Waals surface area contributed by atoms with Gasteiger partial charge in [0.05, 0.1) is 12.3 Å². The quantitative estimate of drug-likeness (QED) is 0.528. The molecule has 0 spiro atoms. The second-order valence-corrected chi connectivity index (χ2v) is 5.12. The van der Waals surface area contributed by atoms with Crippen LogP contribution in [0.3, 0.4) is 0 Å². The number of ether oxygens (including phenoxy) is 1. The lowest BCUT2D eigenvalue weighted by Gasteiger charge is -2.00. The zero-order chi connectivity index (χ0) is 17.1. The fraction of sp³-hybridized carbons (Fsp3) is 0.176. The second-order valence-electron chi connectivity index (χ2n) is 5.12. The summed E-state index contributed by atoms with van der Waals surface area (Å²) in [4.78, 5) is 16.2. The van der Waals surface area contributed by atoms with E-state index in [4.69, 9.17) is 4.74 Å². The number of fused-ring (bicyclic) bond motifs is 1. The number of carbonyl (C=O) groups is 1. The number of hydrogen-bond donors (Lipinski definition) is 0. The van der Waals surface area contributed by atoms with Crippen LogP contribution in [0.2, 0.25) is 0 Å². The predicted octanol–water partition coefficient (Wildman–Crippen LogP) is 4.37. The lowest BCUT2D eigenvalue weighted by Crippen LogP contribution is -2.05. The van der Waals surface area contributed by atoms with Gasteiger partial charge in [-0.15, -0.1) is 10.2 Å². The first-order chi connectivity index (χ1) is 11.6. The van der Waals surface area contributed by atoms with Gasteiger partial charge in [-0.1, -0.05) is 17.7 Å². The van der Waals surface area contributed by atoms with E-state index < -0.39 is 11.8 Å². The number of esters is 1. The van der Waals surface area contributed by atoms with Crippen LogP contribution in [0.4, 0.5) is 15.9 Å². The van der Waals surface area contributed by atoms with Crippen LogP contribution in [0, 0.1) is 12.7 Å². The monoisotopic (exact) mass is 326 g/mol. The third-order valence-corrected chi connectivity index (χ3v) is 3.32. The Labute approximate surface area is 137 Å². The molecule has 0 aliphatic heterocycles. The predicted molar refractivity (Wildman–Crippen MR) is 86.5 cm³/mol. The maximum atomic E-state index is 13.5. The molecule has 0 fully saturated rings. The Bertz CT molecular complexity index is 916. The van der Waals surface area contributed by atoms with Crippen molar-refractivity contribution in [2.75, 3.05) is 6.61 Å². The molecule has 122 valence electrons. The average molecular weight is 326 g/mol. The first-order valence-corrected chi connectivity index (χ1v) is 7.41. The Morgan fingerprint density at radius 3 is 2.67 bits per heavy atom. The molecule has 3 rings (SSSR count). The number of rotatable bonds is 4. The highest BCUT2D eigenvalue weighted by molar-refractivity contribution is 5.93. The molecule has 7 heteroatoms. The Kier molecular flexibility index (Phi) is 4.33. The molecule has 0 saturated heterocycles. The fourth-order valence-electron chi connectivity index (χ4n) is 2.15. The van der Waals surface area contributed by atoms with E-state index in [9.17, 15) is 9.18 Å². The Morgan fingerprint density at radius 1 is 1.21 bits per heavy atom. The summed E-state index contributed by atoms with van der Waals surface area (Å²) in [7, 11) is 0. The number of halogens is 1. The molecule has 0 unspecified atom stereocenters. The molecule has 0 amide bonds. The van der Waals surface area contributed by atoms with Crippen molar-refractivity contribution in [3.8, 4) is 0 Å². The highest BCUT2D eigenvalue weighted by Gasteiger charge is 2.20. The molecule has 0 radical (unpaired) electrons. The van der Waals surface area contributed by atoms with Gasteiger partial charge in [-0.3, -0.25) is 4.40 Å². The summed E-state index contributed by atoms with van der Waals surface area (Å²) in [6.07, 6.45) is 1.20. The van der Waals surface area contributed by atoms with Gasteiger partial charge in [0.2, 0.25) is 0 Å². The van der Waals surface area contributed by atoms with Crippen molar-refractivity contribution in [3.63, 3.8) is 0 Å². The van der Waals surface area contributed by atoms with E-state index in [1.54, 1.807) is 19.1 Å². The van der Waals surface area contributed by atoms with Crippen molar-refractivity contribution in [3.05, 3.63) is 59.7 Å². The van der Waals surface area contributed by atoms with Crippen molar-refractivity contribution < 1.29 is 13.9 Å². The van der Waals surface area contributed by atoms with Gasteiger partial charge < -0.3 is 4.74 Å². The third kappa shape index (κ3) is 3.15. The molecule has 2 heterocycles. The van der Waals surface area contributed by atoms with Gasteiger partial charge in [-0.05, 0) is 38.1 Å². The van der Waals surface area contributed by atoms with E-state index in [1.807, 2.05) is 19.1 Å². The second kappa shape index (κ2) is 6.57. The summed E-state index contributed by atoms with van der Waals surface area (Å²) in [5.74, 6) is -0.968. The third-order valence-electron chi connectivity index (χ3n) is 3.32. The van der Waals surface area contributed by atoms with Crippen molar-refractivity contribution in [1.82, 2.24) is 9.38 Å². The number of benzene rings is 1. The number of aryl methyl sites for hydroxylation is 1. The molecule has 0 atom stereocenters. The number of imidazole rings is 1. The van der Waals surface area contributed by atoms with Crippen LogP contribution in [-0.2, 0) is 4.74 Å². The van der Waals surface area contributed by atoms with E-state index in [0.29, 0.717) is 11.3 Å². The van der Waals surface area contributed by atoms with Gasteiger partial charge in [0.1, 0.15) is 11.5 Å². The van der Waals surface area contributed by atoms with E-state index in [0.717, 1.165) is 5.56 Å². The standard InChI is InChI=1S/C17H15FN4O2/c1-3-24-17(23)15-16(21-20-13-7-4-11(2)5-8-13)22-10-12(18)6-9-14(22)19-15/h4-10H,3H2,1-2H3. The lowest BCUT2D eigenvalue weighted by molar-refractivity contribution is 0.0521. The van der Waals surface area contributed by atoms with Gasteiger partial charge in [0.25, 0.3) is 0 Å². The zero-order valence-corrected chi connectivity index (χ0v) is 13.2. The molecule has 0 aliphatic rings. The first kappa shape index (κ1) is 15.8. The number of pyridine rings is 1. The van der Waals surface area contributed by atoms with Crippen LogP contribution in [0.1, 0.15) is 23.0 Å². The van der Waals surface area contributed by atoms with Crippen LogP contribution in [0.15, 0.2) is 52.8 Å². The van der Waals surface area contributed by atoms with Crippen molar-refractivity contribution in [2.45, 2.75) is 13.8 Å². The minimum atomic E-state index is -0.625. The van der Waals surface area contributed by atoms with Gasteiger partial charge in [0.15, 0.2) is 11.5 Å². The Hall–Kier alpha value is -3.09. The molecule has 6 nitrogen and oxygen atoms in total. The van der Waals surface area contributed by atoms with E-state index in [1.165, 1.54) is 22.7 Å². The van der Waals surface area contributed by atoms with Crippen LogP contribution in [-0.4, -0.2) is 22.0 Å². The SMILES string of the molecule is CCOC(=O)c1nc2ccc(F)cn2c1N=Nc1ccc(C)cc1. The largest absolute Gasteiger partial charge is 0.461 e. The minimum absolute atomic E-state index is 0.00156. The van der Waals surface area contributed by atoms with Crippen molar-refractivity contribution in [2.24, 2.45) is 10.2 Å². The Morgan fingerprint density at radius 2 is 1.96 bits per heavy atom. The van der Waals surface area contributed by atoms with Crippen LogP contribution in [0.25, 0.3) is 5.65 Å². The minimum Gasteiger partial charge on any atom is -0.461 e. The molecule has 1 aromatic carbocycles. The summed E-state index contributed by atoms with van der Waals surface area (Å²) in [5, 5.41) is 8.20. The van der Waals surface area contributed by atoms with E-state index in [-0.39, 0.29) is 18.1 Å². The Balaban J connectivity index is 2.09. The van der Waals surface area contributed by atoms with E-state index >= 15 is 0 Å². The number of aromatic nitrogens is 2. The van der Waals surface area contributed by atoms with Gasteiger partial charge in [-0.25, -0.2) is 14.2 Å². The summed E-state index contributed by atoms with van der Waals surface area (Å²) in [6, 6.07) is 10.1. The van der Waals surface area contributed by atoms with Crippen LogP contribution >= 0.6 is 0 Å². The first-order valence-electron chi connectivity index (χ1n) is 7.41. The van der Waals surface area contributed by atoms with Gasteiger partial charge in [0, 0.05) is 6.20 Å². The normalized spacial score (nSPS) is 11.3. The van der Waals surface area contributed by atoms with Crippen molar-refractivity contribution in [1.29, 1.82) is 0 Å². The van der Waals surface area contributed by atoms with Gasteiger partial charge >= 0.3 is 5.97 Å². The summed E-state index contributed by atoms with van der Waals surface area (Å²) in [6.45, 7) is 3.86. The van der Waals surface area contributed by atoms with Crippen LogP contribution < -0.4 is 0 Å². The van der Waals surface area contributed by atoms with Crippen molar-refractivity contribution >= 4 is 23.1 Å². The summed E-state index contributed by atoms with van der Waals surface area (Å²) < 4.78 is 19.9. The topological polar surface area (TPSA) is 68.3 Å². The average Bonchev–Trinajstić information content (AvgIpc) is 2.92. The maximum absolute atomic E-state index is 13.5. The summed E-state index contributed by atoms with van der Waals surface area (Å²) >= 11 is 0. The van der Waals surface area contributed by atoms with Gasteiger partial charge in [-0.2, -0.15) is 0 Å². The summed E-state index contributed by atoms with van der Waals surface area (Å²) in [5.41, 5.74) is 2.09. The molecule has 2 aromatic heterocycles. The molecule has 0 bridgehead atoms. The molecular weight excluding hydrogens is 311 g/mol.